The predicted octanol–water partition coefficient (Wildman–Crippen LogP) is 3.94. The summed E-state index contributed by atoms with van der Waals surface area (Å²) in [5.74, 6) is 0.499. The number of benzene rings is 1. The maximum Gasteiger partial charge on any atom is 0.126 e. The van der Waals surface area contributed by atoms with E-state index in [4.69, 9.17) is 0 Å². The van der Waals surface area contributed by atoms with Crippen LogP contribution in [-0.4, -0.2) is 31.1 Å². The first-order valence-corrected chi connectivity index (χ1v) is 7.84. The lowest BCUT2D eigenvalue weighted by Gasteiger charge is -2.39. The van der Waals surface area contributed by atoms with Gasteiger partial charge in [0.25, 0.3) is 0 Å². The lowest BCUT2D eigenvalue weighted by atomic mass is 9.88. The van der Waals surface area contributed by atoms with Crippen LogP contribution in [0.2, 0.25) is 0 Å². The van der Waals surface area contributed by atoms with E-state index in [1.54, 1.807) is 6.07 Å². The van der Waals surface area contributed by atoms with Crippen molar-refractivity contribution in [2.24, 2.45) is 5.92 Å². The van der Waals surface area contributed by atoms with Crippen LogP contribution in [-0.2, 0) is 0 Å². The Hall–Kier alpha value is -0.640. The van der Waals surface area contributed by atoms with Crippen molar-refractivity contribution in [3.63, 3.8) is 0 Å². The molecule has 1 unspecified atom stereocenters. The highest BCUT2D eigenvalue weighted by Gasteiger charge is 2.27. The normalized spacial score (nSPS) is 18.9. The van der Waals surface area contributed by atoms with Gasteiger partial charge in [0, 0.05) is 32.2 Å². The molecule has 1 heterocycles. The smallest absolute Gasteiger partial charge is 0.126 e. The molecule has 0 aromatic heterocycles. The van der Waals surface area contributed by atoms with Crippen LogP contribution in [0.5, 0.6) is 0 Å². The van der Waals surface area contributed by atoms with Crippen LogP contribution in [0, 0.1) is 18.7 Å². The molecule has 0 radical (unpaired) electrons. The summed E-state index contributed by atoms with van der Waals surface area (Å²) >= 11 is 0. The summed E-state index contributed by atoms with van der Waals surface area (Å²) in [5.41, 5.74) is 2.03. The molecule has 1 aromatic carbocycles. The van der Waals surface area contributed by atoms with Gasteiger partial charge in [-0.1, -0.05) is 32.4 Å². The van der Waals surface area contributed by atoms with Crippen molar-refractivity contribution < 1.29 is 4.39 Å². The summed E-state index contributed by atoms with van der Waals surface area (Å²) in [7, 11) is 0. The van der Waals surface area contributed by atoms with Gasteiger partial charge in [0.15, 0.2) is 0 Å². The molecule has 1 aromatic rings. The predicted molar refractivity (Wildman–Crippen MR) is 89.6 cm³/mol. The fraction of sp³-hybridized carbons (Fsp3) is 0.647. The van der Waals surface area contributed by atoms with Crippen molar-refractivity contribution in [2.75, 3.05) is 26.2 Å². The molecule has 2 atom stereocenters. The Kier molecular flexibility index (Phi) is 7.64. The van der Waals surface area contributed by atoms with E-state index in [0.29, 0.717) is 12.0 Å². The van der Waals surface area contributed by atoms with E-state index >= 15 is 0 Å². The second-order valence-electron chi connectivity index (χ2n) is 6.01. The molecule has 0 amide bonds. The van der Waals surface area contributed by atoms with E-state index in [9.17, 15) is 4.39 Å². The number of hydrogen-bond acceptors (Lipinski definition) is 2. The Labute approximate surface area is 134 Å². The van der Waals surface area contributed by atoms with E-state index in [-0.39, 0.29) is 18.2 Å². The summed E-state index contributed by atoms with van der Waals surface area (Å²) in [6.07, 6.45) is 2.41. The first-order valence-electron chi connectivity index (χ1n) is 7.84. The molecule has 0 saturated carbocycles. The highest BCUT2D eigenvalue weighted by atomic mass is 35.5. The lowest BCUT2D eigenvalue weighted by Crippen LogP contribution is -2.46. The first-order chi connectivity index (χ1) is 9.63. The van der Waals surface area contributed by atoms with Gasteiger partial charge in [-0.25, -0.2) is 4.39 Å². The molecule has 0 spiro atoms. The minimum atomic E-state index is -0.101. The molecule has 1 fully saturated rings. The molecular formula is C17H28ClFN2. The van der Waals surface area contributed by atoms with Crippen LogP contribution in [0.25, 0.3) is 0 Å². The molecule has 1 N–H and O–H groups in total. The van der Waals surface area contributed by atoms with Crippen molar-refractivity contribution in [1.82, 2.24) is 10.2 Å². The maximum absolute atomic E-state index is 13.5. The maximum atomic E-state index is 13.5. The largest absolute Gasteiger partial charge is 0.314 e. The zero-order chi connectivity index (χ0) is 14.5. The van der Waals surface area contributed by atoms with Crippen molar-refractivity contribution in [1.29, 1.82) is 0 Å². The van der Waals surface area contributed by atoms with Gasteiger partial charge >= 0.3 is 0 Å². The quantitative estimate of drug-likeness (QED) is 0.885. The number of piperazine rings is 1. The Morgan fingerprint density at radius 3 is 2.52 bits per heavy atom. The minimum Gasteiger partial charge on any atom is -0.314 e. The Balaban J connectivity index is 0.00000220. The fourth-order valence-electron chi connectivity index (χ4n) is 3.32. The van der Waals surface area contributed by atoms with Gasteiger partial charge in [-0.3, -0.25) is 4.90 Å². The number of hydrogen-bond donors (Lipinski definition) is 1. The average Bonchev–Trinajstić information content (AvgIpc) is 2.44. The van der Waals surface area contributed by atoms with E-state index in [1.165, 1.54) is 18.4 Å². The SMILES string of the molecule is CCCC(C)[C@H](c1ccc(F)c(C)c1)N1CCNCC1.Cl. The van der Waals surface area contributed by atoms with Gasteiger partial charge in [0.2, 0.25) is 0 Å². The second-order valence-corrected chi connectivity index (χ2v) is 6.01. The summed E-state index contributed by atoms with van der Waals surface area (Å²) in [4.78, 5) is 2.56. The third-order valence-electron chi connectivity index (χ3n) is 4.35. The van der Waals surface area contributed by atoms with Gasteiger partial charge in [0.1, 0.15) is 5.82 Å². The summed E-state index contributed by atoms with van der Waals surface area (Å²) in [5, 5.41) is 3.41. The molecular weight excluding hydrogens is 287 g/mol. The summed E-state index contributed by atoms with van der Waals surface area (Å²) < 4.78 is 13.5. The Morgan fingerprint density at radius 1 is 1.29 bits per heavy atom. The molecule has 0 aliphatic carbocycles. The number of halogens is 2. The molecule has 4 heteroatoms. The Morgan fingerprint density at radius 2 is 1.95 bits per heavy atom. The van der Waals surface area contributed by atoms with Crippen LogP contribution in [0.1, 0.15) is 43.9 Å². The molecule has 1 saturated heterocycles. The van der Waals surface area contributed by atoms with Crippen LogP contribution in [0.3, 0.4) is 0 Å². The van der Waals surface area contributed by atoms with Crippen LogP contribution in [0.4, 0.5) is 4.39 Å². The van der Waals surface area contributed by atoms with Crippen LogP contribution >= 0.6 is 12.4 Å². The van der Waals surface area contributed by atoms with E-state index in [0.717, 1.165) is 31.7 Å². The summed E-state index contributed by atoms with van der Waals surface area (Å²) in [6, 6.07) is 6.05. The number of aryl methyl sites for hydroxylation is 1. The molecule has 2 nitrogen and oxygen atoms in total. The topological polar surface area (TPSA) is 15.3 Å². The minimum absolute atomic E-state index is 0. The van der Waals surface area contributed by atoms with Gasteiger partial charge in [0.05, 0.1) is 0 Å². The third-order valence-corrected chi connectivity index (χ3v) is 4.35. The van der Waals surface area contributed by atoms with Gasteiger partial charge < -0.3 is 5.32 Å². The lowest BCUT2D eigenvalue weighted by molar-refractivity contribution is 0.126. The molecule has 2 rings (SSSR count). The standard InChI is InChI=1S/C17H27FN2.ClH/c1-4-5-13(2)17(20-10-8-19-9-11-20)15-6-7-16(18)14(3)12-15;/h6-7,12-13,17,19H,4-5,8-11H2,1-3H3;1H/t13?,17-;/m1./s1. The Bertz CT molecular complexity index is 433. The van der Waals surface area contributed by atoms with Gasteiger partial charge in [-0.15, -0.1) is 12.4 Å². The summed E-state index contributed by atoms with van der Waals surface area (Å²) in [6.45, 7) is 10.7. The fourth-order valence-corrected chi connectivity index (χ4v) is 3.32. The van der Waals surface area contributed by atoms with Crippen LogP contribution < -0.4 is 5.32 Å². The highest BCUT2D eigenvalue weighted by Crippen LogP contribution is 2.32. The molecule has 0 bridgehead atoms. The molecule has 1 aliphatic rings. The molecule has 120 valence electrons. The van der Waals surface area contributed by atoms with Gasteiger partial charge in [-0.05, 0) is 36.5 Å². The van der Waals surface area contributed by atoms with Crippen molar-refractivity contribution >= 4 is 12.4 Å². The van der Waals surface area contributed by atoms with Crippen LogP contribution in [0.15, 0.2) is 18.2 Å². The van der Waals surface area contributed by atoms with Crippen molar-refractivity contribution in [2.45, 2.75) is 39.7 Å². The third kappa shape index (κ3) is 4.67. The van der Waals surface area contributed by atoms with E-state index < -0.39 is 0 Å². The monoisotopic (exact) mass is 314 g/mol. The molecule has 1 aliphatic heterocycles. The van der Waals surface area contributed by atoms with E-state index in [2.05, 4.69) is 24.1 Å². The second kappa shape index (κ2) is 8.72. The van der Waals surface area contributed by atoms with E-state index in [1.807, 2.05) is 19.1 Å². The van der Waals surface area contributed by atoms with Gasteiger partial charge in [-0.2, -0.15) is 0 Å². The van der Waals surface area contributed by atoms with Crippen molar-refractivity contribution in [3.05, 3.63) is 35.1 Å². The molecule has 21 heavy (non-hydrogen) atoms. The highest BCUT2D eigenvalue weighted by molar-refractivity contribution is 5.85. The zero-order valence-corrected chi connectivity index (χ0v) is 14.2. The number of nitrogens with zero attached hydrogens (tertiary/aromatic N) is 1. The first kappa shape index (κ1) is 18.4. The number of rotatable bonds is 5. The zero-order valence-electron chi connectivity index (χ0n) is 13.4. The average molecular weight is 315 g/mol. The number of nitrogens with one attached hydrogen (secondary N) is 1. The van der Waals surface area contributed by atoms with Crippen molar-refractivity contribution in [3.8, 4) is 0 Å².